The van der Waals surface area contributed by atoms with Crippen molar-refractivity contribution in [2.24, 2.45) is 0 Å². The van der Waals surface area contributed by atoms with Gasteiger partial charge in [0.25, 0.3) is 5.19 Å². The Hall–Kier alpha value is -0.480. The highest BCUT2D eigenvalue weighted by Gasteiger charge is 2.11. The number of aromatic nitrogens is 1. The quantitative estimate of drug-likeness (QED) is 0.745. The fourth-order valence-corrected chi connectivity index (χ4v) is 2.57. The summed E-state index contributed by atoms with van der Waals surface area (Å²) < 4.78 is 5.50. The molecule has 16 heavy (non-hydrogen) atoms. The predicted molar refractivity (Wildman–Crippen MR) is 68.2 cm³/mol. The third-order valence-electron chi connectivity index (χ3n) is 1.79. The maximum Gasteiger partial charge on any atom is 0.280 e. The lowest BCUT2D eigenvalue weighted by molar-refractivity contribution is 0.479. The molecular weight excluding hydrogens is 289 g/mol. The molecule has 0 saturated carbocycles. The normalized spacial score (nSPS) is 10.4. The van der Waals surface area contributed by atoms with E-state index in [1.54, 1.807) is 12.1 Å². The number of rotatable bonds is 3. The summed E-state index contributed by atoms with van der Waals surface area (Å²) in [5.74, 6) is 0.873. The molecule has 0 radical (unpaired) electrons. The van der Waals surface area contributed by atoms with Gasteiger partial charge in [0.15, 0.2) is 0 Å². The molecule has 0 atom stereocenters. The monoisotopic (exact) mass is 293 g/mol. The number of benzene rings is 1. The van der Waals surface area contributed by atoms with Crippen molar-refractivity contribution in [1.29, 1.82) is 0 Å². The molecule has 0 amide bonds. The van der Waals surface area contributed by atoms with E-state index in [1.807, 2.05) is 12.1 Å². The van der Waals surface area contributed by atoms with Crippen LogP contribution in [0.2, 0.25) is 10.2 Å². The highest BCUT2D eigenvalue weighted by molar-refractivity contribution is 7.14. The molecule has 0 fully saturated rings. The van der Waals surface area contributed by atoms with Crippen molar-refractivity contribution in [2.45, 2.75) is 5.88 Å². The topological polar surface area (TPSA) is 22.1 Å². The third-order valence-corrected chi connectivity index (χ3v) is 3.88. The van der Waals surface area contributed by atoms with Crippen molar-refractivity contribution in [3.63, 3.8) is 0 Å². The van der Waals surface area contributed by atoms with E-state index >= 15 is 0 Å². The zero-order valence-corrected chi connectivity index (χ0v) is 11.0. The predicted octanol–water partition coefficient (Wildman–Crippen LogP) is 4.98. The molecule has 2 aromatic rings. The first-order valence-electron chi connectivity index (χ1n) is 4.34. The molecule has 2 nitrogen and oxygen atoms in total. The van der Waals surface area contributed by atoms with Gasteiger partial charge in [-0.1, -0.05) is 46.7 Å². The molecule has 6 heteroatoms. The molecule has 0 saturated heterocycles. The summed E-state index contributed by atoms with van der Waals surface area (Å²) in [6.07, 6.45) is 0. The van der Waals surface area contributed by atoms with Crippen molar-refractivity contribution < 1.29 is 4.74 Å². The molecule has 2 rings (SSSR count). The number of nitrogens with zero attached hydrogens (tertiary/aromatic N) is 1. The fraction of sp³-hybridized carbons (Fsp3) is 0.100. The Balaban J connectivity index is 2.24. The summed E-state index contributed by atoms with van der Waals surface area (Å²) in [5, 5.41) is 1.34. The van der Waals surface area contributed by atoms with Crippen molar-refractivity contribution >= 4 is 46.1 Å². The van der Waals surface area contributed by atoms with E-state index in [-0.39, 0.29) is 0 Å². The number of hydrogen-bond donors (Lipinski definition) is 0. The van der Waals surface area contributed by atoms with E-state index in [0.717, 1.165) is 4.88 Å². The van der Waals surface area contributed by atoms with Gasteiger partial charge in [-0.05, 0) is 12.1 Å². The van der Waals surface area contributed by atoms with Crippen LogP contribution in [0.3, 0.4) is 0 Å². The molecule has 0 spiro atoms. The zero-order chi connectivity index (χ0) is 11.5. The second-order valence-corrected chi connectivity index (χ2v) is 4.94. The highest BCUT2D eigenvalue weighted by Crippen LogP contribution is 2.35. The van der Waals surface area contributed by atoms with Crippen molar-refractivity contribution in [3.05, 3.63) is 39.3 Å². The van der Waals surface area contributed by atoms with Gasteiger partial charge in [0, 0.05) is 0 Å². The Kier molecular flexibility index (Phi) is 3.92. The number of hydrogen-bond acceptors (Lipinski definition) is 3. The van der Waals surface area contributed by atoms with Crippen molar-refractivity contribution in [3.8, 4) is 10.9 Å². The molecule has 84 valence electrons. The smallest absolute Gasteiger partial charge is 0.280 e. The summed E-state index contributed by atoms with van der Waals surface area (Å²) in [7, 11) is 0. The number of halogens is 3. The molecule has 0 aliphatic rings. The average molecular weight is 295 g/mol. The lowest BCUT2D eigenvalue weighted by Gasteiger charge is -2.02. The first-order valence-corrected chi connectivity index (χ1v) is 6.45. The first-order chi connectivity index (χ1) is 7.70. The van der Waals surface area contributed by atoms with Gasteiger partial charge in [-0.3, -0.25) is 0 Å². The van der Waals surface area contributed by atoms with Crippen LogP contribution in [-0.2, 0) is 5.88 Å². The largest absolute Gasteiger partial charge is 0.429 e. The van der Waals surface area contributed by atoms with E-state index in [2.05, 4.69) is 4.98 Å². The minimum atomic E-state index is 0.322. The van der Waals surface area contributed by atoms with Crippen LogP contribution in [-0.4, -0.2) is 4.98 Å². The van der Waals surface area contributed by atoms with Crippen LogP contribution in [0.15, 0.2) is 24.3 Å². The molecule has 1 heterocycles. The van der Waals surface area contributed by atoms with Crippen molar-refractivity contribution in [2.75, 3.05) is 0 Å². The molecule has 0 unspecified atom stereocenters. The third kappa shape index (κ3) is 2.61. The summed E-state index contributed by atoms with van der Waals surface area (Å²) in [6.45, 7) is 0. The van der Waals surface area contributed by atoms with E-state index in [9.17, 15) is 0 Å². The zero-order valence-electron chi connectivity index (χ0n) is 7.91. The van der Waals surface area contributed by atoms with Crippen LogP contribution in [0, 0.1) is 0 Å². The summed E-state index contributed by atoms with van der Waals surface area (Å²) >= 11 is 18.8. The van der Waals surface area contributed by atoms with Crippen LogP contribution >= 0.6 is 46.1 Å². The maximum atomic E-state index is 5.95. The van der Waals surface area contributed by atoms with Gasteiger partial charge in [0.05, 0.1) is 15.8 Å². The minimum Gasteiger partial charge on any atom is -0.429 e. The first kappa shape index (κ1) is 12.0. The lowest BCUT2D eigenvalue weighted by atomic mass is 10.3. The van der Waals surface area contributed by atoms with Gasteiger partial charge in [-0.15, -0.1) is 11.6 Å². The Morgan fingerprint density at radius 2 is 2.00 bits per heavy atom. The minimum absolute atomic E-state index is 0.322. The van der Waals surface area contributed by atoms with Crippen LogP contribution in [0.5, 0.6) is 10.9 Å². The second kappa shape index (κ2) is 5.23. The van der Waals surface area contributed by atoms with Gasteiger partial charge < -0.3 is 4.74 Å². The Labute approximate surface area is 112 Å². The van der Waals surface area contributed by atoms with Gasteiger partial charge >= 0.3 is 0 Å². The summed E-state index contributed by atoms with van der Waals surface area (Å²) in [6, 6.07) is 7.17. The fourth-order valence-electron chi connectivity index (χ4n) is 1.06. The Bertz CT molecular complexity index is 501. The van der Waals surface area contributed by atoms with Crippen molar-refractivity contribution in [1.82, 2.24) is 4.98 Å². The Morgan fingerprint density at radius 1 is 1.25 bits per heavy atom. The van der Waals surface area contributed by atoms with Crippen LogP contribution < -0.4 is 4.74 Å². The molecule has 0 bridgehead atoms. The van der Waals surface area contributed by atoms with Crippen LogP contribution in [0.1, 0.15) is 4.88 Å². The molecule has 0 N–H and O–H groups in total. The number of thiazole rings is 1. The van der Waals surface area contributed by atoms with Crippen LogP contribution in [0.4, 0.5) is 0 Å². The highest BCUT2D eigenvalue weighted by atomic mass is 35.5. The van der Waals surface area contributed by atoms with E-state index < -0.39 is 0 Å². The number of alkyl halides is 1. The maximum absolute atomic E-state index is 5.95. The SMILES string of the molecule is ClCc1sc(Oc2ccccc2Cl)nc1Cl. The molecular formula is C10H6Cl3NOS. The van der Waals surface area contributed by atoms with Gasteiger partial charge in [0.1, 0.15) is 10.9 Å². The van der Waals surface area contributed by atoms with Gasteiger partial charge in [-0.2, -0.15) is 4.98 Å². The van der Waals surface area contributed by atoms with Crippen LogP contribution in [0.25, 0.3) is 0 Å². The van der Waals surface area contributed by atoms with E-state index in [4.69, 9.17) is 39.5 Å². The molecule has 1 aromatic heterocycles. The number of ether oxygens (including phenoxy) is 1. The number of para-hydroxylation sites is 1. The molecule has 1 aromatic carbocycles. The lowest BCUT2D eigenvalue weighted by Crippen LogP contribution is -1.83. The van der Waals surface area contributed by atoms with E-state index in [0.29, 0.717) is 27.0 Å². The van der Waals surface area contributed by atoms with E-state index in [1.165, 1.54) is 11.3 Å². The molecule has 0 aliphatic heterocycles. The van der Waals surface area contributed by atoms with Gasteiger partial charge in [0.2, 0.25) is 0 Å². The average Bonchev–Trinajstić information content (AvgIpc) is 2.62. The second-order valence-electron chi connectivity index (χ2n) is 2.86. The molecule has 0 aliphatic carbocycles. The summed E-state index contributed by atoms with van der Waals surface area (Å²) in [5.41, 5.74) is 0. The standard InChI is InChI=1S/C10H6Cl3NOS/c11-5-8-9(13)14-10(16-8)15-7-4-2-1-3-6(7)12/h1-4H,5H2. The Morgan fingerprint density at radius 3 is 2.62 bits per heavy atom. The summed E-state index contributed by atoms with van der Waals surface area (Å²) in [4.78, 5) is 4.82. The van der Waals surface area contributed by atoms with Gasteiger partial charge in [-0.25, -0.2) is 0 Å².